The number of hydrogen-bond donors (Lipinski definition) is 1. The second-order valence-corrected chi connectivity index (χ2v) is 8.16. The van der Waals surface area contributed by atoms with E-state index in [1.807, 2.05) is 30.3 Å². The molecule has 2 fully saturated rings. The van der Waals surface area contributed by atoms with Gasteiger partial charge in [0.2, 0.25) is 5.91 Å². The normalized spacial score (nSPS) is 24.7. The molecule has 2 aromatic carbocycles. The van der Waals surface area contributed by atoms with Crippen molar-refractivity contribution in [1.29, 1.82) is 0 Å². The predicted molar refractivity (Wildman–Crippen MR) is 110 cm³/mol. The maximum atomic E-state index is 13.3. The molecule has 30 heavy (non-hydrogen) atoms. The van der Waals surface area contributed by atoms with Gasteiger partial charge in [-0.1, -0.05) is 61.7 Å². The summed E-state index contributed by atoms with van der Waals surface area (Å²) in [6.45, 7) is 0. The van der Waals surface area contributed by atoms with Crippen LogP contribution in [0.3, 0.4) is 0 Å². The van der Waals surface area contributed by atoms with Gasteiger partial charge in [-0.2, -0.15) is 0 Å². The number of likely N-dealkylation sites (tertiary alicyclic amines) is 1. The minimum atomic E-state index is -1.50. The molecule has 1 aliphatic carbocycles. The minimum absolute atomic E-state index is 0.00993. The molecule has 0 radical (unpaired) electrons. The van der Waals surface area contributed by atoms with Crippen molar-refractivity contribution in [2.45, 2.75) is 56.0 Å². The zero-order valence-corrected chi connectivity index (χ0v) is 16.6. The highest BCUT2D eigenvalue weighted by Gasteiger charge is 2.59. The Hall–Kier alpha value is -3.22. The van der Waals surface area contributed by atoms with Crippen molar-refractivity contribution in [3.63, 3.8) is 0 Å². The van der Waals surface area contributed by atoms with Gasteiger partial charge in [-0.3, -0.25) is 19.7 Å². The van der Waals surface area contributed by atoms with E-state index in [0.29, 0.717) is 5.56 Å². The number of benzene rings is 2. The SMILES string of the molecule is O=C1C[C@@](C(=O)O)(c2ccc([N+](=O)[O-])cc2)[C@@H](c2ccccc2)N1C1CCCCC1. The molecule has 1 saturated carbocycles. The highest BCUT2D eigenvalue weighted by molar-refractivity contribution is 5.95. The van der Waals surface area contributed by atoms with Crippen molar-refractivity contribution in [2.24, 2.45) is 0 Å². The van der Waals surface area contributed by atoms with Crippen molar-refractivity contribution in [3.05, 3.63) is 75.8 Å². The molecule has 0 spiro atoms. The van der Waals surface area contributed by atoms with Gasteiger partial charge in [-0.05, 0) is 24.0 Å². The summed E-state index contributed by atoms with van der Waals surface area (Å²) in [4.78, 5) is 38.4. The van der Waals surface area contributed by atoms with Crippen LogP contribution in [0.4, 0.5) is 5.69 Å². The number of carboxylic acid groups (broad SMARTS) is 1. The lowest BCUT2D eigenvalue weighted by Gasteiger charge is -2.40. The zero-order chi connectivity index (χ0) is 21.3. The molecule has 0 bridgehead atoms. The van der Waals surface area contributed by atoms with Gasteiger partial charge in [0.1, 0.15) is 5.41 Å². The largest absolute Gasteiger partial charge is 0.480 e. The number of nitro benzene ring substituents is 1. The van der Waals surface area contributed by atoms with Crippen LogP contribution in [0.15, 0.2) is 54.6 Å². The molecular formula is C23H24N2O5. The fourth-order valence-corrected chi connectivity index (χ4v) is 5.12. The van der Waals surface area contributed by atoms with Crippen LogP contribution in [0.5, 0.6) is 0 Å². The summed E-state index contributed by atoms with van der Waals surface area (Å²) in [6, 6.07) is 14.2. The number of aliphatic carboxylic acids is 1. The number of rotatable bonds is 5. The molecule has 1 N–H and O–H groups in total. The molecule has 0 unspecified atom stereocenters. The Bertz CT molecular complexity index is 953. The van der Waals surface area contributed by atoms with Gasteiger partial charge in [-0.15, -0.1) is 0 Å². The smallest absolute Gasteiger partial charge is 0.317 e. The van der Waals surface area contributed by atoms with E-state index in [1.165, 1.54) is 24.3 Å². The molecule has 1 amide bonds. The van der Waals surface area contributed by atoms with Crippen LogP contribution in [0.25, 0.3) is 0 Å². The molecule has 2 atom stereocenters. The Balaban J connectivity index is 1.88. The molecule has 2 aromatic rings. The van der Waals surface area contributed by atoms with Gasteiger partial charge >= 0.3 is 5.97 Å². The molecule has 7 nitrogen and oxygen atoms in total. The summed E-state index contributed by atoms with van der Waals surface area (Å²) < 4.78 is 0. The van der Waals surface area contributed by atoms with Crippen molar-refractivity contribution < 1.29 is 19.6 Å². The Labute approximate surface area is 174 Å². The van der Waals surface area contributed by atoms with E-state index < -0.39 is 22.3 Å². The number of nitrogens with zero attached hydrogens (tertiary/aromatic N) is 2. The fourth-order valence-electron chi connectivity index (χ4n) is 5.12. The Kier molecular flexibility index (Phi) is 5.28. The van der Waals surface area contributed by atoms with E-state index in [0.717, 1.165) is 37.7 Å². The first-order valence-corrected chi connectivity index (χ1v) is 10.3. The van der Waals surface area contributed by atoms with E-state index in [4.69, 9.17) is 0 Å². The third-order valence-electron chi connectivity index (χ3n) is 6.52. The quantitative estimate of drug-likeness (QED) is 0.590. The maximum Gasteiger partial charge on any atom is 0.317 e. The lowest BCUT2D eigenvalue weighted by atomic mass is 9.71. The third-order valence-corrected chi connectivity index (χ3v) is 6.52. The first-order valence-electron chi connectivity index (χ1n) is 10.3. The lowest BCUT2D eigenvalue weighted by molar-refractivity contribution is -0.384. The summed E-state index contributed by atoms with van der Waals surface area (Å²) in [5.41, 5.74) is -0.412. The van der Waals surface area contributed by atoms with E-state index in [-0.39, 0.29) is 24.1 Å². The molecule has 1 aliphatic heterocycles. The number of non-ortho nitro benzene ring substituents is 1. The zero-order valence-electron chi connectivity index (χ0n) is 16.6. The van der Waals surface area contributed by atoms with Crippen LogP contribution in [0, 0.1) is 10.1 Å². The van der Waals surface area contributed by atoms with Crippen molar-refractivity contribution in [3.8, 4) is 0 Å². The fraction of sp³-hybridized carbons (Fsp3) is 0.391. The van der Waals surface area contributed by atoms with Gasteiger partial charge in [0.25, 0.3) is 5.69 Å². The van der Waals surface area contributed by atoms with Gasteiger partial charge in [0.05, 0.1) is 11.0 Å². The molecule has 4 rings (SSSR count). The highest BCUT2D eigenvalue weighted by atomic mass is 16.6. The summed E-state index contributed by atoms with van der Waals surface area (Å²) >= 11 is 0. The Morgan fingerprint density at radius 2 is 1.67 bits per heavy atom. The van der Waals surface area contributed by atoms with Crippen LogP contribution < -0.4 is 0 Å². The monoisotopic (exact) mass is 408 g/mol. The second kappa shape index (κ2) is 7.89. The number of hydrogen-bond acceptors (Lipinski definition) is 4. The second-order valence-electron chi connectivity index (χ2n) is 8.16. The number of carbonyl (C=O) groups is 2. The minimum Gasteiger partial charge on any atom is -0.480 e. The topological polar surface area (TPSA) is 101 Å². The standard InChI is InChI=1S/C23H24N2O5/c26-20-15-23(22(27)28,17-11-13-19(14-12-17)25(29)30)21(16-7-3-1-4-8-16)24(20)18-9-5-2-6-10-18/h1,3-4,7-8,11-14,18,21H,2,5-6,9-10,15H2,(H,27,28)/t21-,23-/m1/s1. The number of nitro groups is 1. The predicted octanol–water partition coefficient (Wildman–Crippen LogP) is 4.22. The summed E-state index contributed by atoms with van der Waals surface area (Å²) in [7, 11) is 0. The molecule has 1 heterocycles. The van der Waals surface area contributed by atoms with Crippen LogP contribution in [0.1, 0.15) is 55.7 Å². The summed E-state index contributed by atoms with van der Waals surface area (Å²) in [5, 5.41) is 21.5. The third kappa shape index (κ3) is 3.24. The van der Waals surface area contributed by atoms with E-state index in [2.05, 4.69) is 0 Å². The molecule has 7 heteroatoms. The van der Waals surface area contributed by atoms with Crippen molar-refractivity contribution in [2.75, 3.05) is 0 Å². The summed E-state index contributed by atoms with van der Waals surface area (Å²) in [6.07, 6.45) is 4.74. The number of amides is 1. The van der Waals surface area contributed by atoms with Crippen LogP contribution in [0.2, 0.25) is 0 Å². The molecule has 156 valence electrons. The summed E-state index contributed by atoms with van der Waals surface area (Å²) in [5.74, 6) is -1.26. The van der Waals surface area contributed by atoms with Gasteiger partial charge in [0.15, 0.2) is 0 Å². The van der Waals surface area contributed by atoms with Crippen LogP contribution in [-0.4, -0.2) is 32.8 Å². The first-order chi connectivity index (χ1) is 14.4. The lowest BCUT2D eigenvalue weighted by Crippen LogP contribution is -2.45. The molecule has 0 aromatic heterocycles. The van der Waals surface area contributed by atoms with Crippen LogP contribution >= 0.6 is 0 Å². The van der Waals surface area contributed by atoms with Crippen molar-refractivity contribution >= 4 is 17.6 Å². The first kappa shape index (κ1) is 20.1. The van der Waals surface area contributed by atoms with E-state index in [9.17, 15) is 24.8 Å². The number of carboxylic acids is 1. The highest BCUT2D eigenvalue weighted by Crippen LogP contribution is 2.52. The van der Waals surface area contributed by atoms with Gasteiger partial charge in [0, 0.05) is 24.6 Å². The number of carbonyl (C=O) groups excluding carboxylic acids is 1. The van der Waals surface area contributed by atoms with Gasteiger partial charge in [-0.25, -0.2) is 0 Å². The van der Waals surface area contributed by atoms with E-state index >= 15 is 0 Å². The molecule has 1 saturated heterocycles. The molecule has 2 aliphatic rings. The average Bonchev–Trinajstić information content (AvgIpc) is 3.09. The van der Waals surface area contributed by atoms with Gasteiger partial charge < -0.3 is 10.0 Å². The Morgan fingerprint density at radius 3 is 2.23 bits per heavy atom. The maximum absolute atomic E-state index is 13.3. The molecular weight excluding hydrogens is 384 g/mol. The average molecular weight is 408 g/mol. The van der Waals surface area contributed by atoms with Crippen molar-refractivity contribution in [1.82, 2.24) is 4.90 Å². The van der Waals surface area contributed by atoms with Crippen LogP contribution in [-0.2, 0) is 15.0 Å². The van der Waals surface area contributed by atoms with E-state index in [1.54, 1.807) is 4.90 Å². The Morgan fingerprint density at radius 1 is 1.03 bits per heavy atom.